The van der Waals surface area contributed by atoms with Crippen molar-refractivity contribution in [3.63, 3.8) is 0 Å². The lowest BCUT2D eigenvalue weighted by molar-refractivity contribution is 0.267. The summed E-state index contributed by atoms with van der Waals surface area (Å²) in [5.41, 5.74) is 0. The molecule has 0 spiro atoms. The Morgan fingerprint density at radius 2 is 1.80 bits per heavy atom. The Hall–Kier alpha value is 0.492. The van der Waals surface area contributed by atoms with Gasteiger partial charge in [0, 0.05) is 6.10 Å². The van der Waals surface area contributed by atoms with Crippen molar-refractivity contribution in [1.29, 1.82) is 0 Å². The topological polar surface area (TPSA) is 9.23 Å². The molecule has 0 rings (SSSR count). The molecule has 0 aliphatic heterocycles. The summed E-state index contributed by atoms with van der Waals surface area (Å²) in [7, 11) is 0. The van der Waals surface area contributed by atoms with Crippen molar-refractivity contribution in [3.8, 4) is 0 Å². The molecular weight excluding hydrogens is 79.0 g/mol. The van der Waals surface area contributed by atoms with E-state index in [1.165, 1.54) is 0 Å². The molecule has 0 aromatic carbocycles. The molecule has 0 aliphatic rings. The Kier molecular flexibility index (Phi) is 2.98. The predicted molar refractivity (Wildman–Crippen MR) is 22.0 cm³/mol. The van der Waals surface area contributed by atoms with Gasteiger partial charge in [-0.1, -0.05) is 0 Å². The summed E-state index contributed by atoms with van der Waals surface area (Å²) >= 11 is 2.19. The molecule has 2 heteroatoms. The highest BCUT2D eigenvalue weighted by Gasteiger charge is 1.77. The third-order valence-electron chi connectivity index (χ3n) is 0.272. The molecule has 2 radical (unpaired) electrons. The summed E-state index contributed by atoms with van der Waals surface area (Å²) in [5.74, 6) is 0. The van der Waals surface area contributed by atoms with E-state index in [2.05, 4.69) is 20.4 Å². The third-order valence-corrected chi connectivity index (χ3v) is 0.816. The van der Waals surface area contributed by atoms with E-state index in [4.69, 9.17) is 0 Å². The molecule has 0 unspecified atom stereocenters. The lowest BCUT2D eigenvalue weighted by atomic mass is 10.5. The van der Waals surface area contributed by atoms with Crippen LogP contribution >= 0.6 is 0 Å². The van der Waals surface area contributed by atoms with Crippen molar-refractivity contribution >= 4 is 16.6 Å². The zero-order valence-corrected chi connectivity index (χ0v) is 4.72. The molecule has 28 valence electrons. The summed E-state index contributed by atoms with van der Waals surface area (Å²) in [6.45, 7) is 3.96. The largest absolute Gasteiger partial charge is 0.514 e. The minimum atomic E-state index is 0.347. The van der Waals surface area contributed by atoms with Crippen LogP contribution < -0.4 is 0 Å². The highest BCUT2D eigenvalue weighted by molar-refractivity contribution is 5.98. The van der Waals surface area contributed by atoms with Crippen molar-refractivity contribution in [2.24, 2.45) is 0 Å². The summed E-state index contributed by atoms with van der Waals surface area (Å²) in [4.78, 5) is 0. The molecule has 0 saturated carbocycles. The molecule has 0 N–H and O–H groups in total. The van der Waals surface area contributed by atoms with Gasteiger partial charge in [-0.15, -0.1) is 0 Å². The average molecular weight is 86.1 g/mol. The molecule has 0 saturated heterocycles. The molecular formula is C3H7AlO. The smallest absolute Gasteiger partial charge is 0.369 e. The molecule has 0 heterocycles. The van der Waals surface area contributed by atoms with Crippen LogP contribution in [0.1, 0.15) is 13.8 Å². The second-order valence-electron chi connectivity index (χ2n) is 1.18. The second-order valence-corrected chi connectivity index (χ2v) is 1.46. The van der Waals surface area contributed by atoms with Crippen LogP contribution in [0.4, 0.5) is 0 Å². The molecule has 5 heavy (non-hydrogen) atoms. The molecule has 0 aliphatic carbocycles. The van der Waals surface area contributed by atoms with Crippen molar-refractivity contribution < 1.29 is 3.79 Å². The summed E-state index contributed by atoms with van der Waals surface area (Å²) in [6.07, 6.45) is 0.347. The Balaban J connectivity index is 2.54. The Morgan fingerprint density at radius 1 is 1.60 bits per heavy atom. The van der Waals surface area contributed by atoms with E-state index in [1.807, 2.05) is 13.8 Å². The van der Waals surface area contributed by atoms with E-state index in [0.717, 1.165) is 0 Å². The van der Waals surface area contributed by atoms with Gasteiger partial charge in [0.2, 0.25) is 0 Å². The van der Waals surface area contributed by atoms with Gasteiger partial charge >= 0.3 is 16.6 Å². The minimum absolute atomic E-state index is 0.347. The fraction of sp³-hybridized carbons (Fsp3) is 1.00. The highest BCUT2D eigenvalue weighted by Crippen LogP contribution is 1.76. The predicted octanol–water partition coefficient (Wildman–Crippen LogP) is 0.495. The van der Waals surface area contributed by atoms with E-state index in [1.54, 1.807) is 0 Å². The lowest BCUT2D eigenvalue weighted by Gasteiger charge is -1.98. The Morgan fingerprint density at radius 3 is 1.80 bits per heavy atom. The molecule has 0 aromatic rings. The van der Waals surface area contributed by atoms with Crippen LogP contribution in [-0.2, 0) is 3.79 Å². The van der Waals surface area contributed by atoms with Gasteiger partial charge in [0.25, 0.3) is 0 Å². The highest BCUT2D eigenvalue weighted by atomic mass is 27.1. The van der Waals surface area contributed by atoms with Crippen molar-refractivity contribution in [1.82, 2.24) is 0 Å². The van der Waals surface area contributed by atoms with E-state index in [-0.39, 0.29) is 0 Å². The first kappa shape index (κ1) is 5.49. The third kappa shape index (κ3) is 4.49. The van der Waals surface area contributed by atoms with Crippen LogP contribution in [0.15, 0.2) is 0 Å². The monoisotopic (exact) mass is 86.0 g/mol. The molecule has 1 nitrogen and oxygen atoms in total. The van der Waals surface area contributed by atoms with Gasteiger partial charge in [-0.25, -0.2) is 0 Å². The first-order valence-corrected chi connectivity index (χ1v) is 2.10. The van der Waals surface area contributed by atoms with E-state index in [9.17, 15) is 0 Å². The van der Waals surface area contributed by atoms with E-state index < -0.39 is 0 Å². The zero-order valence-electron chi connectivity index (χ0n) is 3.56. The molecule has 0 bridgehead atoms. The van der Waals surface area contributed by atoms with Gasteiger partial charge in [0.1, 0.15) is 0 Å². The number of hydrogen-bond donors (Lipinski definition) is 0. The first-order valence-electron chi connectivity index (χ1n) is 1.63. The summed E-state index contributed by atoms with van der Waals surface area (Å²) in [6, 6.07) is 0. The summed E-state index contributed by atoms with van der Waals surface area (Å²) in [5, 5.41) is 0. The van der Waals surface area contributed by atoms with Crippen molar-refractivity contribution in [2.45, 2.75) is 20.0 Å². The van der Waals surface area contributed by atoms with Gasteiger partial charge in [-0.05, 0) is 13.8 Å². The molecule has 0 aromatic heterocycles. The fourth-order valence-corrected chi connectivity index (χ4v) is 0. The van der Waals surface area contributed by atoms with Gasteiger partial charge < -0.3 is 3.79 Å². The standard InChI is InChI=1S/C3H7O.Al/c1-3(2)4;/h3H,1-2H3;/q-1;+1. The number of hydrogen-bond acceptors (Lipinski definition) is 1. The maximum absolute atomic E-state index is 4.67. The van der Waals surface area contributed by atoms with Gasteiger partial charge in [-0.2, -0.15) is 0 Å². The summed E-state index contributed by atoms with van der Waals surface area (Å²) < 4.78 is 4.67. The maximum Gasteiger partial charge on any atom is 0.369 e. The fourth-order valence-electron chi connectivity index (χ4n) is 0. The zero-order chi connectivity index (χ0) is 4.28. The Labute approximate surface area is 41.1 Å². The molecule has 0 fully saturated rings. The van der Waals surface area contributed by atoms with Crippen LogP contribution in [0.3, 0.4) is 0 Å². The van der Waals surface area contributed by atoms with Gasteiger partial charge in [-0.3, -0.25) is 0 Å². The van der Waals surface area contributed by atoms with Crippen LogP contribution in [-0.4, -0.2) is 22.7 Å². The van der Waals surface area contributed by atoms with Gasteiger partial charge in [0.05, 0.1) is 0 Å². The minimum Gasteiger partial charge on any atom is -0.514 e. The van der Waals surface area contributed by atoms with Crippen LogP contribution in [0.5, 0.6) is 0 Å². The van der Waals surface area contributed by atoms with E-state index in [0.29, 0.717) is 6.10 Å². The van der Waals surface area contributed by atoms with Crippen molar-refractivity contribution in [2.75, 3.05) is 0 Å². The average Bonchev–Trinajstić information content (AvgIpc) is 1.38. The number of rotatable bonds is 1. The molecule has 0 amide bonds. The Bertz CT molecular complexity index is 20.9. The van der Waals surface area contributed by atoms with Crippen LogP contribution in [0, 0.1) is 0 Å². The SMILES string of the molecule is CC(C)[O][Al]. The second kappa shape index (κ2) is 2.72. The van der Waals surface area contributed by atoms with Crippen LogP contribution in [0.2, 0.25) is 0 Å². The van der Waals surface area contributed by atoms with E-state index >= 15 is 0 Å². The molecule has 0 atom stereocenters. The van der Waals surface area contributed by atoms with Crippen molar-refractivity contribution in [3.05, 3.63) is 0 Å². The van der Waals surface area contributed by atoms with Gasteiger partial charge in [0.15, 0.2) is 0 Å². The quantitative estimate of drug-likeness (QED) is 0.422. The van der Waals surface area contributed by atoms with Crippen LogP contribution in [0.25, 0.3) is 0 Å². The normalized spacial score (nSPS) is 9.40. The maximum atomic E-state index is 4.67. The first-order chi connectivity index (χ1) is 2.27. The lowest BCUT2D eigenvalue weighted by Crippen LogP contribution is -1.95.